The zero-order valence-electron chi connectivity index (χ0n) is 48.9. The molecule has 10 unspecified atom stereocenters. The Bertz CT molecular complexity index is 1680. The van der Waals surface area contributed by atoms with Crippen molar-refractivity contribution in [3.05, 3.63) is 0 Å². The SMILES string of the molecule is CCCCCCCCCCCOCCO[C@@H]1OC(COCCCO[C@@H]2OC(CO)[C@@H](O)C(O)[C@@H]2O)[C@@H](OCCCO[C@@H]2OC(CO)[C@@H](O)C(O)[C@@H]2O)C(OCCCO[C@@H]2OC(CO)CC(O)[C@@H]2O)[C@@H]1OCCCO[C@@H]1OC(CO)[C@@H](O)C(O)[C@@H]1O. The molecule has 0 bridgehead atoms. The Labute approximate surface area is 496 Å². The van der Waals surface area contributed by atoms with Gasteiger partial charge in [-0.3, -0.25) is 0 Å². The summed E-state index contributed by atoms with van der Waals surface area (Å²) in [4.78, 5) is 0. The second-order valence-electron chi connectivity index (χ2n) is 22.0. The van der Waals surface area contributed by atoms with Gasteiger partial charge in [0.1, 0.15) is 104 Å². The fraction of sp³-hybridized carbons (Fsp3) is 1.00. The summed E-state index contributed by atoms with van der Waals surface area (Å²) >= 11 is 0. The van der Waals surface area contributed by atoms with Gasteiger partial charge in [-0.05, 0) is 32.1 Å². The first-order chi connectivity index (χ1) is 41.1. The first-order valence-electron chi connectivity index (χ1n) is 30.4. The summed E-state index contributed by atoms with van der Waals surface area (Å²) < 4.78 is 90.0. The highest BCUT2D eigenvalue weighted by Gasteiger charge is 2.50. The number of hydrogen-bond donors (Lipinski definition) is 15. The van der Waals surface area contributed by atoms with Gasteiger partial charge in [0.15, 0.2) is 31.5 Å². The minimum atomic E-state index is -1.67. The molecule has 5 rings (SSSR count). The third-order valence-corrected chi connectivity index (χ3v) is 15.4. The average Bonchev–Trinajstić information content (AvgIpc) is 3.43. The van der Waals surface area contributed by atoms with Crippen LogP contribution in [-0.4, -0.2) is 330 Å². The van der Waals surface area contributed by atoms with E-state index in [-0.39, 0.29) is 105 Å². The van der Waals surface area contributed by atoms with Crippen LogP contribution in [0.25, 0.3) is 0 Å². The number of rotatable bonds is 43. The van der Waals surface area contributed by atoms with E-state index in [2.05, 4.69) is 6.92 Å². The maximum atomic E-state index is 10.6. The number of hydrogen-bond acceptors (Lipinski definition) is 30. The van der Waals surface area contributed by atoms with Gasteiger partial charge in [-0.1, -0.05) is 58.3 Å². The van der Waals surface area contributed by atoms with E-state index in [1.165, 1.54) is 32.1 Å². The molecule has 0 radical (unpaired) electrons. The van der Waals surface area contributed by atoms with E-state index in [1.807, 2.05) is 0 Å². The van der Waals surface area contributed by atoms with Gasteiger partial charge in [0.25, 0.3) is 0 Å². The molecule has 15 N–H and O–H groups in total. The molecule has 0 saturated carbocycles. The zero-order valence-corrected chi connectivity index (χ0v) is 48.9. The topological polar surface area (TPSA) is 442 Å². The molecule has 5 fully saturated rings. The Morgan fingerprint density at radius 1 is 0.294 bits per heavy atom. The maximum absolute atomic E-state index is 10.6. The lowest BCUT2D eigenvalue weighted by Gasteiger charge is -2.46. The van der Waals surface area contributed by atoms with E-state index in [1.54, 1.807) is 0 Å². The van der Waals surface area contributed by atoms with Crippen molar-refractivity contribution in [2.75, 3.05) is 106 Å². The molecule has 5 aliphatic heterocycles. The van der Waals surface area contributed by atoms with Crippen LogP contribution >= 0.6 is 0 Å². The van der Waals surface area contributed by atoms with Gasteiger partial charge in [0, 0.05) is 39.5 Å². The van der Waals surface area contributed by atoms with Crippen LogP contribution in [0.1, 0.15) is 96.8 Å². The highest BCUT2D eigenvalue weighted by molar-refractivity contribution is 4.95. The molecule has 30 nitrogen and oxygen atoms in total. The minimum absolute atomic E-state index is 0.00238. The molecular weight excluding hydrogens is 1140 g/mol. The van der Waals surface area contributed by atoms with Crippen molar-refractivity contribution in [2.45, 2.75) is 244 Å². The van der Waals surface area contributed by atoms with E-state index < -0.39 is 174 Å². The molecule has 24 atom stereocenters. The van der Waals surface area contributed by atoms with Gasteiger partial charge in [-0.2, -0.15) is 0 Å². The molecule has 85 heavy (non-hydrogen) atoms. The number of aliphatic hydroxyl groups is 15. The first-order valence-corrected chi connectivity index (χ1v) is 30.4. The van der Waals surface area contributed by atoms with Crippen LogP contribution in [0.3, 0.4) is 0 Å². The molecule has 0 spiro atoms. The molecule has 30 heteroatoms. The zero-order chi connectivity index (χ0) is 61.7. The Kier molecular flexibility index (Phi) is 36.2. The second kappa shape index (κ2) is 41.3. The van der Waals surface area contributed by atoms with Gasteiger partial charge in [-0.15, -0.1) is 0 Å². The molecule has 0 aromatic rings. The highest BCUT2D eigenvalue weighted by Crippen LogP contribution is 2.32. The van der Waals surface area contributed by atoms with Crippen LogP contribution in [0, 0.1) is 0 Å². The van der Waals surface area contributed by atoms with Crippen LogP contribution < -0.4 is 0 Å². The van der Waals surface area contributed by atoms with E-state index in [0.29, 0.717) is 6.61 Å². The standard InChI is InChI=1S/C55H102O30/c1-2-3-4-5-6-7-8-9-10-15-71-24-25-80-55-50(75-19-14-23-79-54-47(70)44(67)41(64)36(30-59)84-54)49(74-18-13-21-76-51-38(61)33(60)26-32(27-56)81-51)48(73-17-12-22-78-53-46(69)43(66)40(63)35(29-58)83-53)37(85-55)31-72-16-11-20-77-52-45(68)42(65)39(62)34(28-57)82-52/h32-70H,2-31H2,1H3/t32?,33?,34?,35?,36?,37?,38-,39+,40+,41+,42?,43?,44?,45-,46-,47-,48+,49?,50-,51+,52+,53+,54+,55+/m0/s1. The summed E-state index contributed by atoms with van der Waals surface area (Å²) in [6.07, 6.45) is -21.4. The molecule has 0 aromatic heterocycles. The van der Waals surface area contributed by atoms with Gasteiger partial charge >= 0.3 is 0 Å². The van der Waals surface area contributed by atoms with Crippen molar-refractivity contribution < 1.29 is 148 Å². The van der Waals surface area contributed by atoms with Crippen LogP contribution in [0.5, 0.6) is 0 Å². The van der Waals surface area contributed by atoms with Crippen molar-refractivity contribution in [3.63, 3.8) is 0 Å². The fourth-order valence-electron chi connectivity index (χ4n) is 10.3. The molecule has 0 aliphatic carbocycles. The van der Waals surface area contributed by atoms with Crippen molar-refractivity contribution in [2.24, 2.45) is 0 Å². The fourth-order valence-corrected chi connectivity index (χ4v) is 10.3. The summed E-state index contributed by atoms with van der Waals surface area (Å²) in [6.45, 7) is -0.0716. The quantitative estimate of drug-likeness (QED) is 0.0255. The Morgan fingerprint density at radius 3 is 1.13 bits per heavy atom. The van der Waals surface area contributed by atoms with Gasteiger partial charge in [-0.25, -0.2) is 0 Å². The Morgan fingerprint density at radius 2 is 0.671 bits per heavy atom. The minimum Gasteiger partial charge on any atom is -0.394 e. The van der Waals surface area contributed by atoms with E-state index in [9.17, 15) is 76.6 Å². The third kappa shape index (κ3) is 23.8. The summed E-state index contributed by atoms with van der Waals surface area (Å²) in [5.41, 5.74) is 0. The van der Waals surface area contributed by atoms with Crippen LogP contribution in [0.4, 0.5) is 0 Å². The Hall–Kier alpha value is -1.20. The largest absolute Gasteiger partial charge is 0.394 e. The number of ether oxygens (including phenoxy) is 15. The van der Waals surface area contributed by atoms with E-state index in [4.69, 9.17) is 71.1 Å². The highest BCUT2D eigenvalue weighted by atomic mass is 16.7. The third-order valence-electron chi connectivity index (χ3n) is 15.4. The molecule has 502 valence electrons. The lowest BCUT2D eigenvalue weighted by Crippen LogP contribution is -2.62. The maximum Gasteiger partial charge on any atom is 0.187 e. The van der Waals surface area contributed by atoms with Gasteiger partial charge in [0.05, 0.1) is 84.9 Å². The van der Waals surface area contributed by atoms with Gasteiger partial charge < -0.3 is 148 Å². The monoisotopic (exact) mass is 1240 g/mol. The summed E-state index contributed by atoms with van der Waals surface area (Å²) in [5, 5.41) is 153. The molecular formula is C55H102O30. The molecule has 0 aromatic carbocycles. The van der Waals surface area contributed by atoms with Crippen LogP contribution in [0.2, 0.25) is 0 Å². The Balaban J connectivity index is 1.32. The van der Waals surface area contributed by atoms with Crippen molar-refractivity contribution >= 4 is 0 Å². The lowest BCUT2D eigenvalue weighted by atomic mass is 9.98. The molecule has 5 heterocycles. The van der Waals surface area contributed by atoms with E-state index in [0.717, 1.165) is 25.7 Å². The summed E-state index contributed by atoms with van der Waals surface area (Å²) in [7, 11) is 0. The van der Waals surface area contributed by atoms with E-state index >= 15 is 0 Å². The second-order valence-corrected chi connectivity index (χ2v) is 22.0. The molecule has 5 saturated heterocycles. The molecule has 5 aliphatic rings. The number of aliphatic hydroxyl groups excluding tert-OH is 15. The molecule has 0 amide bonds. The normalized spacial score (nSPS) is 38.3. The van der Waals surface area contributed by atoms with Crippen molar-refractivity contribution in [1.82, 2.24) is 0 Å². The van der Waals surface area contributed by atoms with Crippen LogP contribution in [-0.2, 0) is 71.1 Å². The summed E-state index contributed by atoms with van der Waals surface area (Å²) in [6, 6.07) is 0. The van der Waals surface area contributed by atoms with Crippen LogP contribution in [0.15, 0.2) is 0 Å². The van der Waals surface area contributed by atoms with Crippen molar-refractivity contribution in [3.8, 4) is 0 Å². The number of unbranched alkanes of at least 4 members (excludes halogenated alkanes) is 8. The smallest absolute Gasteiger partial charge is 0.187 e. The van der Waals surface area contributed by atoms with Gasteiger partial charge in [0.2, 0.25) is 0 Å². The predicted octanol–water partition coefficient (Wildman–Crippen LogP) is -4.70. The average molecular weight is 1240 g/mol. The first kappa shape index (κ1) is 74.5. The predicted molar refractivity (Wildman–Crippen MR) is 289 cm³/mol. The lowest BCUT2D eigenvalue weighted by molar-refractivity contribution is -0.327. The summed E-state index contributed by atoms with van der Waals surface area (Å²) in [5.74, 6) is 0. The van der Waals surface area contributed by atoms with Crippen molar-refractivity contribution in [1.29, 1.82) is 0 Å².